The zero-order valence-electron chi connectivity index (χ0n) is 16.0. The van der Waals surface area contributed by atoms with Crippen molar-refractivity contribution < 1.29 is 23.8 Å². The van der Waals surface area contributed by atoms with Gasteiger partial charge in [0, 0.05) is 12.3 Å². The molecule has 0 atom stereocenters. The highest BCUT2D eigenvalue weighted by Gasteiger charge is 2.19. The molecule has 3 rings (SSSR count). The summed E-state index contributed by atoms with van der Waals surface area (Å²) in [5.41, 5.74) is 2.11. The maximum Gasteiger partial charge on any atom is 0.340 e. The van der Waals surface area contributed by atoms with Crippen LogP contribution in [0, 0.1) is 0 Å². The van der Waals surface area contributed by atoms with Crippen molar-refractivity contribution >= 4 is 23.3 Å². The summed E-state index contributed by atoms with van der Waals surface area (Å²) in [4.78, 5) is 25.1. The highest BCUT2D eigenvalue weighted by molar-refractivity contribution is 6.09. The lowest BCUT2D eigenvalue weighted by Gasteiger charge is -2.04. The number of hydrogen-bond acceptors (Lipinski definition) is 5. The van der Waals surface area contributed by atoms with Gasteiger partial charge in [0.1, 0.15) is 11.5 Å². The number of ketones is 1. The summed E-state index contributed by atoms with van der Waals surface area (Å²) < 4.78 is 17.1. The number of pyridine rings is 1. The number of carbonyl (C=O) groups excluding carboxylic acids is 2. The summed E-state index contributed by atoms with van der Waals surface area (Å²) in [6, 6.07) is 12.3. The first-order valence-corrected chi connectivity index (χ1v) is 8.80. The van der Waals surface area contributed by atoms with E-state index in [1.807, 2.05) is 24.3 Å². The van der Waals surface area contributed by atoms with Gasteiger partial charge < -0.3 is 18.6 Å². The third-order valence-corrected chi connectivity index (χ3v) is 4.27. The summed E-state index contributed by atoms with van der Waals surface area (Å²) in [6.45, 7) is 1.99. The molecule has 0 radical (unpaired) electrons. The number of esters is 1. The molecule has 28 heavy (non-hydrogen) atoms. The Labute approximate surface area is 163 Å². The SMILES string of the molecule is CCOC(=O)c1cc(C(=O)/C=C/c2ccc(OC)cc2)n2ccc(OC)cc12. The van der Waals surface area contributed by atoms with Crippen LogP contribution in [0.1, 0.15) is 33.3 Å². The van der Waals surface area contributed by atoms with Crippen LogP contribution in [0.4, 0.5) is 0 Å². The molecule has 6 heteroatoms. The lowest BCUT2D eigenvalue weighted by molar-refractivity contribution is 0.0529. The molecular weight excluding hydrogens is 358 g/mol. The van der Waals surface area contributed by atoms with Crippen LogP contribution >= 0.6 is 0 Å². The summed E-state index contributed by atoms with van der Waals surface area (Å²) in [7, 11) is 3.14. The van der Waals surface area contributed by atoms with Gasteiger partial charge >= 0.3 is 5.97 Å². The average molecular weight is 379 g/mol. The number of allylic oxidation sites excluding steroid dienone is 1. The third-order valence-electron chi connectivity index (χ3n) is 4.27. The molecule has 0 aliphatic heterocycles. The first kappa shape index (κ1) is 19.2. The first-order chi connectivity index (χ1) is 13.6. The van der Waals surface area contributed by atoms with Crippen LogP contribution in [0.15, 0.2) is 54.7 Å². The van der Waals surface area contributed by atoms with E-state index in [1.54, 1.807) is 56.0 Å². The number of rotatable bonds is 7. The Morgan fingerprint density at radius 3 is 2.36 bits per heavy atom. The molecule has 0 amide bonds. The van der Waals surface area contributed by atoms with Crippen LogP contribution < -0.4 is 9.47 Å². The number of fused-ring (bicyclic) bond motifs is 1. The van der Waals surface area contributed by atoms with Crippen molar-refractivity contribution in [1.82, 2.24) is 4.40 Å². The molecule has 0 N–H and O–H groups in total. The molecule has 0 aliphatic carbocycles. The fourth-order valence-corrected chi connectivity index (χ4v) is 2.84. The number of hydrogen-bond donors (Lipinski definition) is 0. The second-order valence-electron chi connectivity index (χ2n) is 5.96. The summed E-state index contributed by atoms with van der Waals surface area (Å²) >= 11 is 0. The minimum Gasteiger partial charge on any atom is -0.497 e. The normalized spacial score (nSPS) is 11.0. The molecule has 0 unspecified atom stereocenters. The predicted octanol–water partition coefficient (Wildman–Crippen LogP) is 4.03. The smallest absolute Gasteiger partial charge is 0.340 e. The zero-order valence-corrected chi connectivity index (χ0v) is 16.0. The van der Waals surface area contributed by atoms with E-state index in [-0.39, 0.29) is 12.4 Å². The average Bonchev–Trinajstić information content (AvgIpc) is 3.11. The number of carbonyl (C=O) groups is 2. The summed E-state index contributed by atoms with van der Waals surface area (Å²) in [6.07, 6.45) is 4.89. The minimum atomic E-state index is -0.480. The van der Waals surface area contributed by atoms with E-state index in [0.29, 0.717) is 22.5 Å². The van der Waals surface area contributed by atoms with Crippen LogP contribution in [-0.4, -0.2) is 37.0 Å². The monoisotopic (exact) mass is 379 g/mol. The lowest BCUT2D eigenvalue weighted by atomic mass is 10.1. The van der Waals surface area contributed by atoms with E-state index in [0.717, 1.165) is 11.3 Å². The molecule has 3 aromatic rings. The van der Waals surface area contributed by atoms with Crippen LogP contribution in [-0.2, 0) is 4.74 Å². The molecule has 0 fully saturated rings. The van der Waals surface area contributed by atoms with Gasteiger partial charge in [0.05, 0.1) is 37.6 Å². The minimum absolute atomic E-state index is 0.230. The van der Waals surface area contributed by atoms with Gasteiger partial charge in [0.15, 0.2) is 0 Å². The molecule has 2 aromatic heterocycles. The molecule has 144 valence electrons. The molecule has 0 spiro atoms. The third kappa shape index (κ3) is 3.91. The number of aromatic nitrogens is 1. The first-order valence-electron chi connectivity index (χ1n) is 8.80. The molecule has 0 aliphatic rings. The van der Waals surface area contributed by atoms with Crippen molar-refractivity contribution in [3.63, 3.8) is 0 Å². The van der Waals surface area contributed by atoms with Crippen molar-refractivity contribution in [3.05, 3.63) is 71.6 Å². The second kappa shape index (κ2) is 8.43. The molecular formula is C22H21NO5. The van der Waals surface area contributed by atoms with E-state index >= 15 is 0 Å². The number of ether oxygens (including phenoxy) is 3. The molecule has 0 bridgehead atoms. The molecule has 2 heterocycles. The molecule has 1 aromatic carbocycles. The standard InChI is InChI=1S/C22H21NO5/c1-4-28-22(25)18-14-20(23-12-11-17(27-3)13-19(18)23)21(24)10-7-15-5-8-16(26-2)9-6-15/h5-14H,4H2,1-3H3/b10-7+. The Balaban J connectivity index is 1.97. The van der Waals surface area contributed by atoms with Gasteiger partial charge in [-0.05, 0) is 42.8 Å². The van der Waals surface area contributed by atoms with E-state index in [1.165, 1.54) is 6.08 Å². The number of benzene rings is 1. The molecule has 0 saturated heterocycles. The van der Waals surface area contributed by atoms with E-state index in [9.17, 15) is 9.59 Å². The predicted molar refractivity (Wildman–Crippen MR) is 106 cm³/mol. The largest absolute Gasteiger partial charge is 0.497 e. The van der Waals surface area contributed by atoms with Gasteiger partial charge in [-0.25, -0.2) is 4.79 Å². The van der Waals surface area contributed by atoms with Gasteiger partial charge in [0.25, 0.3) is 0 Å². The van der Waals surface area contributed by atoms with Crippen LogP contribution in [0.3, 0.4) is 0 Å². The highest BCUT2D eigenvalue weighted by Crippen LogP contribution is 2.24. The van der Waals surface area contributed by atoms with E-state index in [2.05, 4.69) is 0 Å². The van der Waals surface area contributed by atoms with Crippen molar-refractivity contribution in [2.24, 2.45) is 0 Å². The Morgan fingerprint density at radius 2 is 1.71 bits per heavy atom. The quantitative estimate of drug-likeness (QED) is 0.352. The van der Waals surface area contributed by atoms with E-state index in [4.69, 9.17) is 14.2 Å². The fraction of sp³-hybridized carbons (Fsp3) is 0.182. The Kier molecular flexibility index (Phi) is 5.79. The van der Waals surface area contributed by atoms with Crippen LogP contribution in [0.25, 0.3) is 11.6 Å². The summed E-state index contributed by atoms with van der Waals surface area (Å²) in [5.74, 6) is 0.621. The van der Waals surface area contributed by atoms with Crippen molar-refractivity contribution in [2.45, 2.75) is 6.92 Å². The van der Waals surface area contributed by atoms with Crippen LogP contribution in [0.2, 0.25) is 0 Å². The van der Waals surface area contributed by atoms with Crippen molar-refractivity contribution in [1.29, 1.82) is 0 Å². The van der Waals surface area contributed by atoms with Gasteiger partial charge in [-0.2, -0.15) is 0 Å². The second-order valence-corrected chi connectivity index (χ2v) is 5.96. The topological polar surface area (TPSA) is 66.2 Å². The highest BCUT2D eigenvalue weighted by atomic mass is 16.5. The van der Waals surface area contributed by atoms with E-state index < -0.39 is 5.97 Å². The van der Waals surface area contributed by atoms with Gasteiger partial charge in [-0.1, -0.05) is 18.2 Å². The van der Waals surface area contributed by atoms with Crippen molar-refractivity contribution in [3.8, 4) is 11.5 Å². The Hall–Kier alpha value is -3.54. The molecule has 6 nitrogen and oxygen atoms in total. The Bertz CT molecular complexity index is 1030. The fourth-order valence-electron chi connectivity index (χ4n) is 2.84. The number of methoxy groups -OCH3 is 2. The van der Waals surface area contributed by atoms with Gasteiger partial charge in [-0.3, -0.25) is 4.79 Å². The van der Waals surface area contributed by atoms with Crippen LogP contribution in [0.5, 0.6) is 11.5 Å². The van der Waals surface area contributed by atoms with Gasteiger partial charge in [-0.15, -0.1) is 0 Å². The lowest BCUT2D eigenvalue weighted by Crippen LogP contribution is -2.04. The van der Waals surface area contributed by atoms with Gasteiger partial charge in [0.2, 0.25) is 5.78 Å². The maximum atomic E-state index is 12.8. The maximum absolute atomic E-state index is 12.8. The molecule has 0 saturated carbocycles. The zero-order chi connectivity index (χ0) is 20.1. The summed E-state index contributed by atoms with van der Waals surface area (Å²) in [5, 5.41) is 0. The van der Waals surface area contributed by atoms with Crippen molar-refractivity contribution in [2.75, 3.05) is 20.8 Å². The Morgan fingerprint density at radius 1 is 1.00 bits per heavy atom. The number of nitrogens with zero attached hydrogens (tertiary/aromatic N) is 1.